The van der Waals surface area contributed by atoms with Crippen LogP contribution in [0.15, 0.2) is 48.5 Å². The van der Waals surface area contributed by atoms with E-state index < -0.39 is 11.7 Å². The smallest absolute Gasteiger partial charge is 0.407 e. The summed E-state index contributed by atoms with van der Waals surface area (Å²) >= 11 is 0. The van der Waals surface area contributed by atoms with E-state index in [2.05, 4.69) is 10.6 Å². The fourth-order valence-electron chi connectivity index (χ4n) is 2.29. The number of rotatable bonds is 6. The molecule has 2 aromatic carbocycles. The fraction of sp³-hybridized carbons (Fsp3) is 0.350. The van der Waals surface area contributed by atoms with Crippen molar-refractivity contribution in [2.24, 2.45) is 0 Å². The Hall–Kier alpha value is -2.40. The Bertz CT molecular complexity index is 694. The summed E-state index contributed by atoms with van der Waals surface area (Å²) in [5.41, 5.74) is 2.65. The van der Waals surface area contributed by atoms with E-state index in [0.717, 1.165) is 16.7 Å². The van der Waals surface area contributed by atoms with E-state index in [-0.39, 0.29) is 5.82 Å². The molecule has 0 saturated heterocycles. The first-order valence-corrected chi connectivity index (χ1v) is 8.32. The minimum Gasteiger partial charge on any atom is -0.444 e. The molecule has 1 amide bonds. The molecule has 0 aliphatic carbocycles. The Labute approximate surface area is 148 Å². The molecule has 0 fully saturated rings. The molecule has 2 rings (SSSR count). The molecule has 0 radical (unpaired) electrons. The lowest BCUT2D eigenvalue weighted by Gasteiger charge is -2.19. The van der Waals surface area contributed by atoms with Crippen molar-refractivity contribution >= 4 is 6.09 Å². The summed E-state index contributed by atoms with van der Waals surface area (Å²) in [4.78, 5) is 11.7. The third kappa shape index (κ3) is 7.35. The van der Waals surface area contributed by atoms with Crippen LogP contribution in [0.5, 0.6) is 0 Å². The van der Waals surface area contributed by atoms with Crippen LogP contribution in [0.3, 0.4) is 0 Å². The number of hydrogen-bond acceptors (Lipinski definition) is 3. The molecule has 0 bridgehead atoms. The third-order valence-corrected chi connectivity index (χ3v) is 3.40. The second-order valence-corrected chi connectivity index (χ2v) is 6.91. The first kappa shape index (κ1) is 18.9. The van der Waals surface area contributed by atoms with Crippen LogP contribution >= 0.6 is 0 Å². The highest BCUT2D eigenvalue weighted by Crippen LogP contribution is 2.09. The van der Waals surface area contributed by atoms with Gasteiger partial charge in [0.05, 0.1) is 0 Å². The van der Waals surface area contributed by atoms with Crippen LogP contribution in [-0.2, 0) is 24.4 Å². The molecule has 25 heavy (non-hydrogen) atoms. The van der Waals surface area contributed by atoms with Gasteiger partial charge in [0.15, 0.2) is 0 Å². The zero-order valence-corrected chi connectivity index (χ0v) is 14.9. The zero-order valence-electron chi connectivity index (χ0n) is 14.9. The summed E-state index contributed by atoms with van der Waals surface area (Å²) in [7, 11) is 0. The van der Waals surface area contributed by atoms with Crippen molar-refractivity contribution in [2.45, 2.75) is 46.0 Å². The number of carbonyl (C=O) groups is 1. The highest BCUT2D eigenvalue weighted by molar-refractivity contribution is 5.67. The monoisotopic (exact) mass is 344 g/mol. The summed E-state index contributed by atoms with van der Waals surface area (Å²) in [6.07, 6.45) is -0.424. The van der Waals surface area contributed by atoms with Crippen molar-refractivity contribution in [1.29, 1.82) is 0 Å². The molecule has 2 aromatic rings. The molecule has 0 heterocycles. The lowest BCUT2D eigenvalue weighted by molar-refractivity contribution is 0.0523. The average molecular weight is 344 g/mol. The van der Waals surface area contributed by atoms with E-state index in [1.807, 2.05) is 45.0 Å². The van der Waals surface area contributed by atoms with Gasteiger partial charge in [0.1, 0.15) is 11.4 Å². The van der Waals surface area contributed by atoms with Crippen LogP contribution < -0.4 is 10.6 Å². The standard InChI is InChI=1S/C20H25FN2O2/c1-20(2,3)25-19(24)23-14-17-6-4-5-16(11-17)13-22-12-15-7-9-18(21)10-8-15/h4-11,22H,12-14H2,1-3H3,(H,23,24). The van der Waals surface area contributed by atoms with Gasteiger partial charge in [-0.1, -0.05) is 36.4 Å². The first-order valence-electron chi connectivity index (χ1n) is 8.32. The Morgan fingerprint density at radius 2 is 1.56 bits per heavy atom. The number of nitrogens with one attached hydrogen (secondary N) is 2. The van der Waals surface area contributed by atoms with Crippen molar-refractivity contribution in [2.75, 3.05) is 0 Å². The summed E-state index contributed by atoms with van der Waals surface area (Å²) in [6.45, 7) is 7.28. The third-order valence-electron chi connectivity index (χ3n) is 3.40. The van der Waals surface area contributed by atoms with Crippen molar-refractivity contribution in [1.82, 2.24) is 10.6 Å². The predicted molar refractivity (Wildman–Crippen MR) is 96.5 cm³/mol. The van der Waals surface area contributed by atoms with Gasteiger partial charge in [-0.15, -0.1) is 0 Å². The quantitative estimate of drug-likeness (QED) is 0.828. The van der Waals surface area contributed by atoms with E-state index in [9.17, 15) is 9.18 Å². The molecule has 0 atom stereocenters. The van der Waals surface area contributed by atoms with Gasteiger partial charge in [-0.25, -0.2) is 9.18 Å². The number of alkyl carbamates (subject to hydrolysis) is 1. The Morgan fingerprint density at radius 3 is 2.20 bits per heavy atom. The van der Waals surface area contributed by atoms with Gasteiger partial charge in [-0.2, -0.15) is 0 Å². The highest BCUT2D eigenvalue weighted by Gasteiger charge is 2.15. The molecule has 5 heteroatoms. The summed E-state index contributed by atoms with van der Waals surface area (Å²) in [5, 5.41) is 6.08. The van der Waals surface area contributed by atoms with E-state index >= 15 is 0 Å². The molecule has 0 aliphatic heterocycles. The van der Waals surface area contributed by atoms with Crippen molar-refractivity contribution in [3.63, 3.8) is 0 Å². The van der Waals surface area contributed by atoms with Crippen LogP contribution in [0.4, 0.5) is 9.18 Å². The first-order chi connectivity index (χ1) is 11.8. The molecule has 134 valence electrons. The Balaban J connectivity index is 1.80. The topological polar surface area (TPSA) is 50.4 Å². The molecule has 2 N–H and O–H groups in total. The number of hydrogen-bond donors (Lipinski definition) is 2. The maximum absolute atomic E-state index is 12.9. The van der Waals surface area contributed by atoms with Crippen LogP contribution in [-0.4, -0.2) is 11.7 Å². The second kappa shape index (κ2) is 8.62. The number of benzene rings is 2. The van der Waals surface area contributed by atoms with Crippen LogP contribution in [0.2, 0.25) is 0 Å². The molecule has 0 aliphatic rings. The van der Waals surface area contributed by atoms with E-state index in [0.29, 0.717) is 19.6 Å². The molecule has 4 nitrogen and oxygen atoms in total. The van der Waals surface area contributed by atoms with E-state index in [1.54, 1.807) is 12.1 Å². The molecule has 0 aromatic heterocycles. The highest BCUT2D eigenvalue weighted by atomic mass is 19.1. The van der Waals surface area contributed by atoms with E-state index in [1.165, 1.54) is 12.1 Å². The maximum Gasteiger partial charge on any atom is 0.407 e. The van der Waals surface area contributed by atoms with Gasteiger partial charge in [0.25, 0.3) is 0 Å². The lowest BCUT2D eigenvalue weighted by Crippen LogP contribution is -2.32. The van der Waals surface area contributed by atoms with Crippen LogP contribution in [0.1, 0.15) is 37.5 Å². The summed E-state index contributed by atoms with van der Waals surface area (Å²) in [5.74, 6) is -0.228. The van der Waals surface area contributed by atoms with Crippen LogP contribution in [0.25, 0.3) is 0 Å². The molecule has 0 unspecified atom stereocenters. The summed E-state index contributed by atoms with van der Waals surface area (Å²) < 4.78 is 18.1. The molecule has 0 saturated carbocycles. The summed E-state index contributed by atoms with van der Waals surface area (Å²) in [6, 6.07) is 14.4. The molecular weight excluding hydrogens is 319 g/mol. The fourth-order valence-corrected chi connectivity index (χ4v) is 2.29. The van der Waals surface area contributed by atoms with Gasteiger partial charge in [0.2, 0.25) is 0 Å². The number of carbonyl (C=O) groups excluding carboxylic acids is 1. The molecular formula is C20H25FN2O2. The SMILES string of the molecule is CC(C)(C)OC(=O)NCc1cccc(CNCc2ccc(F)cc2)c1. The maximum atomic E-state index is 12.9. The van der Waals surface area contributed by atoms with Gasteiger partial charge in [0, 0.05) is 19.6 Å². The minimum atomic E-state index is -0.504. The minimum absolute atomic E-state index is 0.228. The average Bonchev–Trinajstić information content (AvgIpc) is 2.54. The normalized spacial score (nSPS) is 11.2. The van der Waals surface area contributed by atoms with Gasteiger partial charge in [-0.05, 0) is 49.6 Å². The van der Waals surface area contributed by atoms with Gasteiger partial charge in [-0.3, -0.25) is 0 Å². The lowest BCUT2D eigenvalue weighted by atomic mass is 10.1. The van der Waals surface area contributed by atoms with Crippen LogP contribution in [0, 0.1) is 5.82 Å². The van der Waals surface area contributed by atoms with Crippen molar-refractivity contribution in [3.8, 4) is 0 Å². The Kier molecular flexibility index (Phi) is 6.53. The largest absolute Gasteiger partial charge is 0.444 e. The number of ether oxygens (including phenoxy) is 1. The molecule has 0 spiro atoms. The Morgan fingerprint density at radius 1 is 0.960 bits per heavy atom. The zero-order chi connectivity index (χ0) is 18.3. The predicted octanol–water partition coefficient (Wildman–Crippen LogP) is 4.14. The number of halogens is 1. The number of amides is 1. The second-order valence-electron chi connectivity index (χ2n) is 6.91. The van der Waals surface area contributed by atoms with E-state index in [4.69, 9.17) is 4.74 Å². The van der Waals surface area contributed by atoms with Crippen molar-refractivity contribution in [3.05, 3.63) is 71.0 Å². The van der Waals surface area contributed by atoms with Gasteiger partial charge < -0.3 is 15.4 Å². The van der Waals surface area contributed by atoms with Crippen molar-refractivity contribution < 1.29 is 13.9 Å². The van der Waals surface area contributed by atoms with Gasteiger partial charge >= 0.3 is 6.09 Å².